The van der Waals surface area contributed by atoms with Crippen molar-refractivity contribution in [1.29, 1.82) is 0 Å². The summed E-state index contributed by atoms with van der Waals surface area (Å²) in [5.74, 6) is 0.853. The van der Waals surface area contributed by atoms with Crippen molar-refractivity contribution < 1.29 is 4.74 Å². The Balaban J connectivity index is 2.31. The molecule has 0 fully saturated rings. The molecule has 0 aliphatic heterocycles. The van der Waals surface area contributed by atoms with E-state index in [4.69, 9.17) is 10.5 Å². The fourth-order valence-electron chi connectivity index (χ4n) is 2.12. The van der Waals surface area contributed by atoms with Crippen LogP contribution < -0.4 is 10.5 Å². The van der Waals surface area contributed by atoms with Gasteiger partial charge >= 0.3 is 0 Å². The van der Waals surface area contributed by atoms with Gasteiger partial charge in [0, 0.05) is 11.6 Å². The maximum absolute atomic E-state index is 6.20. The summed E-state index contributed by atoms with van der Waals surface area (Å²) in [7, 11) is 0. The molecule has 2 N–H and O–H groups in total. The summed E-state index contributed by atoms with van der Waals surface area (Å²) < 4.78 is 6.20. The van der Waals surface area contributed by atoms with Crippen LogP contribution in [0.4, 0.5) is 0 Å². The molecule has 100 valence electrons. The molecule has 2 aromatic rings. The summed E-state index contributed by atoms with van der Waals surface area (Å²) in [5, 5.41) is 0. The molecular weight excluding hydrogens is 234 g/mol. The summed E-state index contributed by atoms with van der Waals surface area (Å²) in [6.45, 7) is 6.11. The highest BCUT2D eigenvalue weighted by atomic mass is 16.5. The van der Waals surface area contributed by atoms with E-state index in [0.717, 1.165) is 16.9 Å². The van der Waals surface area contributed by atoms with E-state index in [1.807, 2.05) is 49.4 Å². The summed E-state index contributed by atoms with van der Waals surface area (Å²) in [6.07, 6.45) is 0. The second-order valence-electron chi connectivity index (χ2n) is 5.30. The minimum Gasteiger partial charge on any atom is -0.483 e. The number of benzene rings is 2. The van der Waals surface area contributed by atoms with E-state index >= 15 is 0 Å². The summed E-state index contributed by atoms with van der Waals surface area (Å²) in [5.41, 5.74) is 7.79. The molecule has 2 heteroatoms. The Labute approximate surface area is 115 Å². The van der Waals surface area contributed by atoms with Crippen molar-refractivity contribution in [3.63, 3.8) is 0 Å². The Bertz CT molecular complexity index is 532. The Morgan fingerprint density at radius 1 is 0.947 bits per heavy atom. The van der Waals surface area contributed by atoms with Crippen LogP contribution in [0.3, 0.4) is 0 Å². The van der Waals surface area contributed by atoms with E-state index in [9.17, 15) is 0 Å². The molecule has 0 heterocycles. The molecule has 0 radical (unpaired) electrons. The topological polar surface area (TPSA) is 35.2 Å². The largest absolute Gasteiger partial charge is 0.483 e. The van der Waals surface area contributed by atoms with Crippen molar-refractivity contribution in [2.24, 2.45) is 5.73 Å². The average Bonchev–Trinajstić information content (AvgIpc) is 2.39. The minimum absolute atomic E-state index is 0.0391. The third kappa shape index (κ3) is 3.15. The van der Waals surface area contributed by atoms with Gasteiger partial charge in [0.25, 0.3) is 0 Å². The smallest absolute Gasteiger partial charge is 0.128 e. The van der Waals surface area contributed by atoms with Crippen LogP contribution in [0.5, 0.6) is 5.75 Å². The van der Waals surface area contributed by atoms with Crippen molar-refractivity contribution in [1.82, 2.24) is 0 Å². The van der Waals surface area contributed by atoms with Crippen LogP contribution in [0.15, 0.2) is 54.6 Å². The van der Waals surface area contributed by atoms with Crippen LogP contribution in [-0.2, 0) is 5.60 Å². The highest BCUT2D eigenvalue weighted by Gasteiger charge is 2.23. The molecule has 0 amide bonds. The summed E-state index contributed by atoms with van der Waals surface area (Å²) >= 11 is 0. The molecule has 0 saturated carbocycles. The van der Waals surface area contributed by atoms with Gasteiger partial charge in [0.1, 0.15) is 11.4 Å². The van der Waals surface area contributed by atoms with Gasteiger partial charge in [0.05, 0.1) is 0 Å². The second kappa shape index (κ2) is 5.45. The van der Waals surface area contributed by atoms with Gasteiger partial charge in [-0.1, -0.05) is 48.5 Å². The SMILES string of the molecule is CC(N)c1ccccc1OC(C)(C)c1ccccc1. The number of nitrogens with two attached hydrogens (primary N) is 1. The number of rotatable bonds is 4. The highest BCUT2D eigenvalue weighted by molar-refractivity contribution is 5.37. The predicted octanol–water partition coefficient (Wildman–Crippen LogP) is 4.02. The highest BCUT2D eigenvalue weighted by Crippen LogP contribution is 2.31. The first-order valence-electron chi connectivity index (χ1n) is 6.60. The van der Waals surface area contributed by atoms with Gasteiger partial charge in [-0.05, 0) is 32.4 Å². The lowest BCUT2D eigenvalue weighted by Gasteiger charge is -2.29. The van der Waals surface area contributed by atoms with Gasteiger partial charge in [0.15, 0.2) is 0 Å². The van der Waals surface area contributed by atoms with E-state index in [-0.39, 0.29) is 11.6 Å². The van der Waals surface area contributed by atoms with Crippen molar-refractivity contribution in [3.8, 4) is 5.75 Å². The zero-order valence-electron chi connectivity index (χ0n) is 11.8. The minimum atomic E-state index is -0.383. The third-order valence-corrected chi connectivity index (χ3v) is 3.24. The average molecular weight is 255 g/mol. The summed E-state index contributed by atoms with van der Waals surface area (Å²) in [4.78, 5) is 0. The fraction of sp³-hybridized carbons (Fsp3) is 0.294. The molecule has 1 atom stereocenters. The van der Waals surface area contributed by atoms with Crippen LogP contribution in [-0.4, -0.2) is 0 Å². The first-order chi connectivity index (χ1) is 9.00. The van der Waals surface area contributed by atoms with E-state index < -0.39 is 0 Å². The van der Waals surface area contributed by atoms with Crippen molar-refractivity contribution in [3.05, 3.63) is 65.7 Å². The zero-order valence-corrected chi connectivity index (χ0v) is 11.8. The Morgan fingerprint density at radius 3 is 2.16 bits per heavy atom. The van der Waals surface area contributed by atoms with Crippen molar-refractivity contribution >= 4 is 0 Å². The standard InChI is InChI=1S/C17H21NO/c1-13(18)15-11-7-8-12-16(15)19-17(2,3)14-9-5-4-6-10-14/h4-13H,18H2,1-3H3. The number of hydrogen-bond donors (Lipinski definition) is 1. The molecule has 2 rings (SSSR count). The van der Waals surface area contributed by atoms with Gasteiger partial charge < -0.3 is 10.5 Å². The maximum atomic E-state index is 6.20. The van der Waals surface area contributed by atoms with Crippen LogP contribution in [0, 0.1) is 0 Å². The van der Waals surface area contributed by atoms with E-state index in [1.54, 1.807) is 0 Å². The van der Waals surface area contributed by atoms with Crippen LogP contribution in [0.2, 0.25) is 0 Å². The molecule has 2 nitrogen and oxygen atoms in total. The van der Waals surface area contributed by atoms with Crippen LogP contribution in [0.1, 0.15) is 37.9 Å². The molecule has 0 saturated heterocycles. The van der Waals surface area contributed by atoms with E-state index in [2.05, 4.69) is 26.0 Å². The number of ether oxygens (including phenoxy) is 1. The molecule has 0 spiro atoms. The molecule has 0 bridgehead atoms. The number of para-hydroxylation sites is 1. The van der Waals surface area contributed by atoms with E-state index in [1.165, 1.54) is 0 Å². The second-order valence-corrected chi connectivity index (χ2v) is 5.30. The predicted molar refractivity (Wildman–Crippen MR) is 79.1 cm³/mol. The quantitative estimate of drug-likeness (QED) is 0.895. The molecule has 0 aromatic heterocycles. The van der Waals surface area contributed by atoms with Crippen LogP contribution >= 0.6 is 0 Å². The lowest BCUT2D eigenvalue weighted by atomic mass is 9.97. The van der Waals surface area contributed by atoms with Gasteiger partial charge in [-0.3, -0.25) is 0 Å². The van der Waals surface area contributed by atoms with Gasteiger partial charge in [0.2, 0.25) is 0 Å². The molecule has 0 aliphatic carbocycles. The molecule has 2 aromatic carbocycles. The van der Waals surface area contributed by atoms with Crippen LogP contribution in [0.25, 0.3) is 0 Å². The normalized spacial score (nSPS) is 13.1. The van der Waals surface area contributed by atoms with E-state index in [0.29, 0.717) is 0 Å². The number of hydrogen-bond acceptors (Lipinski definition) is 2. The fourth-order valence-corrected chi connectivity index (χ4v) is 2.12. The Kier molecular flexibility index (Phi) is 3.91. The third-order valence-electron chi connectivity index (χ3n) is 3.24. The lowest BCUT2D eigenvalue weighted by Crippen LogP contribution is -2.26. The Hall–Kier alpha value is -1.80. The van der Waals surface area contributed by atoms with Gasteiger partial charge in [-0.2, -0.15) is 0 Å². The van der Waals surface area contributed by atoms with Crippen molar-refractivity contribution in [2.75, 3.05) is 0 Å². The molecule has 1 unspecified atom stereocenters. The Morgan fingerprint density at radius 2 is 1.53 bits per heavy atom. The molecule has 19 heavy (non-hydrogen) atoms. The first kappa shape index (κ1) is 13.6. The maximum Gasteiger partial charge on any atom is 0.128 e. The molecule has 0 aliphatic rings. The van der Waals surface area contributed by atoms with Gasteiger partial charge in [-0.25, -0.2) is 0 Å². The zero-order chi connectivity index (χ0) is 13.9. The first-order valence-corrected chi connectivity index (χ1v) is 6.60. The molecular formula is C17H21NO. The lowest BCUT2D eigenvalue weighted by molar-refractivity contribution is 0.107. The van der Waals surface area contributed by atoms with Gasteiger partial charge in [-0.15, -0.1) is 0 Å². The monoisotopic (exact) mass is 255 g/mol. The summed E-state index contributed by atoms with van der Waals surface area (Å²) in [6, 6.07) is 18.1. The van der Waals surface area contributed by atoms with Crippen molar-refractivity contribution in [2.45, 2.75) is 32.4 Å².